The van der Waals surface area contributed by atoms with Gasteiger partial charge in [-0.3, -0.25) is 4.79 Å². The largest absolute Gasteiger partial charge is 0.497 e. The molecular formula is C11H11BrF2O2. The van der Waals surface area contributed by atoms with Crippen molar-refractivity contribution in [3.63, 3.8) is 0 Å². The molecule has 0 aliphatic heterocycles. The lowest BCUT2D eigenvalue weighted by Gasteiger charge is -2.13. The number of methoxy groups -OCH3 is 1. The van der Waals surface area contributed by atoms with Crippen LogP contribution in [0, 0.1) is 0 Å². The number of carbonyl (C=O) groups is 1. The summed E-state index contributed by atoms with van der Waals surface area (Å²) in [5, 5.41) is 0. The van der Waals surface area contributed by atoms with Gasteiger partial charge in [0.2, 0.25) is 0 Å². The molecule has 88 valence electrons. The average Bonchev–Trinajstić information content (AvgIpc) is 2.26. The number of benzene rings is 1. The van der Waals surface area contributed by atoms with Crippen LogP contribution in [-0.2, 0) is 4.79 Å². The monoisotopic (exact) mass is 292 g/mol. The number of Topliss-reactive ketones (excluding diaryl/α,β-unsaturated/α-hetero) is 1. The van der Waals surface area contributed by atoms with Crippen molar-refractivity contribution in [3.8, 4) is 5.75 Å². The summed E-state index contributed by atoms with van der Waals surface area (Å²) in [5.74, 6) is 0.222. The second-order valence-electron chi connectivity index (χ2n) is 3.27. The summed E-state index contributed by atoms with van der Waals surface area (Å²) in [6.45, 7) is 1.34. The van der Waals surface area contributed by atoms with Crippen LogP contribution >= 0.6 is 15.9 Å². The van der Waals surface area contributed by atoms with Crippen molar-refractivity contribution in [1.29, 1.82) is 0 Å². The molecular weight excluding hydrogens is 282 g/mol. The third kappa shape index (κ3) is 2.78. The molecule has 1 aromatic rings. The molecule has 0 bridgehead atoms. The fourth-order valence-electron chi connectivity index (χ4n) is 1.32. The van der Waals surface area contributed by atoms with Gasteiger partial charge in [0.25, 0.3) is 6.43 Å². The minimum absolute atomic E-state index is 0.155. The quantitative estimate of drug-likeness (QED) is 0.792. The van der Waals surface area contributed by atoms with Crippen LogP contribution in [0.4, 0.5) is 8.78 Å². The predicted octanol–water partition coefficient (Wildman–Crippen LogP) is 3.66. The van der Waals surface area contributed by atoms with E-state index in [9.17, 15) is 13.6 Å². The maximum absolute atomic E-state index is 12.7. The van der Waals surface area contributed by atoms with Gasteiger partial charge in [0.1, 0.15) is 11.5 Å². The molecule has 1 unspecified atom stereocenters. The SMILES string of the molecule is COc1ccc(C(F)F)c(C(Br)C(C)=O)c1. The molecule has 5 heteroatoms. The van der Waals surface area contributed by atoms with E-state index in [4.69, 9.17) is 4.74 Å². The second-order valence-corrected chi connectivity index (χ2v) is 4.18. The van der Waals surface area contributed by atoms with Gasteiger partial charge in [-0.25, -0.2) is 8.78 Å². The Balaban J connectivity index is 3.25. The van der Waals surface area contributed by atoms with E-state index in [1.165, 1.54) is 32.2 Å². The Labute approximate surface area is 101 Å². The third-order valence-corrected chi connectivity index (χ3v) is 3.30. The molecule has 0 heterocycles. The molecule has 1 aromatic carbocycles. The van der Waals surface area contributed by atoms with E-state index in [1.54, 1.807) is 0 Å². The zero-order valence-electron chi connectivity index (χ0n) is 8.84. The Hall–Kier alpha value is -0.970. The van der Waals surface area contributed by atoms with Crippen molar-refractivity contribution in [2.45, 2.75) is 18.2 Å². The molecule has 0 aromatic heterocycles. The van der Waals surface area contributed by atoms with Crippen LogP contribution < -0.4 is 4.74 Å². The lowest BCUT2D eigenvalue weighted by molar-refractivity contribution is -0.116. The Kier molecular flexibility index (Phi) is 4.41. The van der Waals surface area contributed by atoms with Crippen LogP contribution in [-0.4, -0.2) is 12.9 Å². The number of alkyl halides is 3. The zero-order valence-corrected chi connectivity index (χ0v) is 10.4. The van der Waals surface area contributed by atoms with Gasteiger partial charge in [-0.15, -0.1) is 0 Å². The minimum Gasteiger partial charge on any atom is -0.497 e. The van der Waals surface area contributed by atoms with E-state index in [2.05, 4.69) is 15.9 Å². The zero-order chi connectivity index (χ0) is 12.3. The molecule has 0 saturated carbocycles. The molecule has 0 amide bonds. The maximum atomic E-state index is 12.7. The normalized spacial score (nSPS) is 12.6. The van der Waals surface area contributed by atoms with Crippen LogP contribution in [0.2, 0.25) is 0 Å². The molecule has 0 aliphatic carbocycles. The van der Waals surface area contributed by atoms with Gasteiger partial charge in [0, 0.05) is 5.56 Å². The molecule has 0 aliphatic rings. The third-order valence-electron chi connectivity index (χ3n) is 2.16. The van der Waals surface area contributed by atoms with Crippen molar-refractivity contribution in [2.24, 2.45) is 0 Å². The second kappa shape index (κ2) is 5.39. The summed E-state index contributed by atoms with van der Waals surface area (Å²) in [7, 11) is 1.44. The first-order valence-electron chi connectivity index (χ1n) is 4.58. The number of halogens is 3. The smallest absolute Gasteiger partial charge is 0.264 e. The number of hydrogen-bond acceptors (Lipinski definition) is 2. The molecule has 0 spiro atoms. The summed E-state index contributed by atoms with van der Waals surface area (Å²) in [5.41, 5.74) is 0.0970. The molecule has 0 radical (unpaired) electrons. The van der Waals surface area contributed by atoms with Gasteiger partial charge in [0.15, 0.2) is 0 Å². The molecule has 0 fully saturated rings. The summed E-state index contributed by atoms with van der Waals surface area (Å²) in [6.07, 6.45) is -2.61. The first-order valence-corrected chi connectivity index (χ1v) is 5.49. The number of rotatable bonds is 4. The fourth-order valence-corrected chi connectivity index (χ4v) is 1.71. The lowest BCUT2D eigenvalue weighted by atomic mass is 10.0. The highest BCUT2D eigenvalue weighted by Gasteiger charge is 2.21. The predicted molar refractivity (Wildman–Crippen MR) is 60.3 cm³/mol. The van der Waals surface area contributed by atoms with Gasteiger partial charge in [-0.2, -0.15) is 0 Å². The maximum Gasteiger partial charge on any atom is 0.264 e. The van der Waals surface area contributed by atoms with E-state index in [1.807, 2.05) is 0 Å². The molecule has 0 saturated heterocycles. The highest BCUT2D eigenvalue weighted by Crippen LogP contribution is 2.34. The summed E-state index contributed by atoms with van der Waals surface area (Å²) in [4.78, 5) is 10.5. The fraction of sp³-hybridized carbons (Fsp3) is 0.364. The van der Waals surface area contributed by atoms with Crippen molar-refractivity contribution in [3.05, 3.63) is 29.3 Å². The number of ether oxygens (including phenoxy) is 1. The molecule has 0 N–H and O–H groups in total. The standard InChI is InChI=1S/C11H11BrF2O2/c1-6(15)10(12)9-5-7(16-2)3-4-8(9)11(13)14/h3-5,10-11H,1-2H3. The Morgan fingerprint density at radius 1 is 1.38 bits per heavy atom. The molecule has 16 heavy (non-hydrogen) atoms. The van der Waals surface area contributed by atoms with Crippen molar-refractivity contribution in [1.82, 2.24) is 0 Å². The van der Waals surface area contributed by atoms with Crippen LogP contribution in [0.1, 0.15) is 29.3 Å². The van der Waals surface area contributed by atoms with Crippen molar-refractivity contribution < 1.29 is 18.3 Å². The van der Waals surface area contributed by atoms with Gasteiger partial charge >= 0.3 is 0 Å². The van der Waals surface area contributed by atoms with Crippen LogP contribution in [0.25, 0.3) is 0 Å². The summed E-state index contributed by atoms with van der Waals surface area (Å²) >= 11 is 3.09. The summed E-state index contributed by atoms with van der Waals surface area (Å²) in [6, 6.07) is 4.17. The van der Waals surface area contributed by atoms with Gasteiger partial charge < -0.3 is 4.74 Å². The van der Waals surface area contributed by atoms with Crippen LogP contribution in [0.3, 0.4) is 0 Å². The first kappa shape index (κ1) is 13.1. The van der Waals surface area contributed by atoms with Crippen molar-refractivity contribution in [2.75, 3.05) is 7.11 Å². The molecule has 1 rings (SSSR count). The summed E-state index contributed by atoms with van der Waals surface area (Å²) < 4.78 is 30.4. The Morgan fingerprint density at radius 2 is 2.00 bits per heavy atom. The highest BCUT2D eigenvalue weighted by molar-refractivity contribution is 9.09. The number of carbonyl (C=O) groups excluding carboxylic acids is 1. The van der Waals surface area contributed by atoms with Gasteiger partial charge in [-0.05, 0) is 30.7 Å². The average molecular weight is 293 g/mol. The van der Waals surface area contributed by atoms with Crippen molar-refractivity contribution >= 4 is 21.7 Å². The van der Waals surface area contributed by atoms with E-state index < -0.39 is 11.3 Å². The molecule has 1 atom stereocenters. The Morgan fingerprint density at radius 3 is 2.44 bits per heavy atom. The van der Waals surface area contributed by atoms with Gasteiger partial charge in [0.05, 0.1) is 11.9 Å². The Bertz CT molecular complexity index is 394. The molecule has 2 nitrogen and oxygen atoms in total. The minimum atomic E-state index is -2.61. The number of ketones is 1. The van der Waals surface area contributed by atoms with Crippen LogP contribution in [0.5, 0.6) is 5.75 Å². The van der Waals surface area contributed by atoms with Crippen LogP contribution in [0.15, 0.2) is 18.2 Å². The van der Waals surface area contributed by atoms with E-state index in [-0.39, 0.29) is 16.9 Å². The van der Waals surface area contributed by atoms with E-state index in [0.29, 0.717) is 5.75 Å². The first-order chi connectivity index (χ1) is 7.47. The van der Waals surface area contributed by atoms with Gasteiger partial charge in [-0.1, -0.05) is 15.9 Å². The topological polar surface area (TPSA) is 26.3 Å². The lowest BCUT2D eigenvalue weighted by Crippen LogP contribution is -2.05. The van der Waals surface area contributed by atoms with E-state index >= 15 is 0 Å². The highest BCUT2D eigenvalue weighted by atomic mass is 79.9. The van der Waals surface area contributed by atoms with E-state index in [0.717, 1.165) is 0 Å². The number of hydrogen-bond donors (Lipinski definition) is 0.